The van der Waals surface area contributed by atoms with Crippen molar-refractivity contribution in [2.24, 2.45) is 17.8 Å². The fourth-order valence-electron chi connectivity index (χ4n) is 6.60. The lowest BCUT2D eigenvalue weighted by molar-refractivity contribution is -0.151. The van der Waals surface area contributed by atoms with E-state index in [0.29, 0.717) is 19.5 Å². The summed E-state index contributed by atoms with van der Waals surface area (Å²) in [6.07, 6.45) is 10.1. The molecule has 1 aromatic rings. The summed E-state index contributed by atoms with van der Waals surface area (Å²) in [5, 5.41) is 9.20. The molecule has 156 valence electrons. The average Bonchev–Trinajstić information content (AvgIpc) is 2.67. The smallest absolute Gasteiger partial charge is 0.237 e. The molecular formula is C24H33N3OS. The number of nitriles is 1. The summed E-state index contributed by atoms with van der Waals surface area (Å²) in [5.41, 5.74) is 1.26. The number of amides is 1. The zero-order valence-corrected chi connectivity index (χ0v) is 18.6. The van der Waals surface area contributed by atoms with Crippen LogP contribution in [0.3, 0.4) is 0 Å². The third-order valence-corrected chi connectivity index (χ3v) is 8.09. The molecule has 4 nitrogen and oxygen atoms in total. The lowest BCUT2D eigenvalue weighted by Crippen LogP contribution is -2.62. The number of thioether (sulfide) groups is 1. The van der Waals surface area contributed by atoms with E-state index in [2.05, 4.69) is 46.4 Å². The molecule has 5 heteroatoms. The highest BCUT2D eigenvalue weighted by atomic mass is 32.2. The van der Waals surface area contributed by atoms with Gasteiger partial charge in [-0.25, -0.2) is 0 Å². The lowest BCUT2D eigenvalue weighted by Gasteiger charge is -2.60. The monoisotopic (exact) mass is 411 g/mol. The summed E-state index contributed by atoms with van der Waals surface area (Å²) in [5.74, 6) is 2.61. The van der Waals surface area contributed by atoms with Crippen molar-refractivity contribution in [3.63, 3.8) is 0 Å². The second-order valence-corrected chi connectivity index (χ2v) is 10.5. The first-order chi connectivity index (χ1) is 14.0. The predicted octanol–water partition coefficient (Wildman–Crippen LogP) is 4.55. The number of rotatable bonds is 8. The van der Waals surface area contributed by atoms with Crippen LogP contribution >= 0.6 is 11.8 Å². The van der Waals surface area contributed by atoms with Gasteiger partial charge in [0.15, 0.2) is 0 Å². The number of carbonyl (C=O) groups excluding carboxylic acids is 1. The molecule has 5 rings (SSSR count). The highest BCUT2D eigenvalue weighted by Gasteiger charge is 2.54. The molecule has 4 aliphatic carbocycles. The summed E-state index contributed by atoms with van der Waals surface area (Å²) in [4.78, 5) is 19.0. The van der Waals surface area contributed by atoms with Gasteiger partial charge in [0.25, 0.3) is 0 Å². The minimum Gasteiger partial charge on any atom is -0.335 e. The number of hydrogen-bond donors (Lipinski definition) is 0. The summed E-state index contributed by atoms with van der Waals surface area (Å²) in [6.45, 7) is 1.79. The largest absolute Gasteiger partial charge is 0.335 e. The second-order valence-electron chi connectivity index (χ2n) is 9.62. The molecule has 0 atom stereocenters. The van der Waals surface area contributed by atoms with Crippen molar-refractivity contribution in [1.82, 2.24) is 9.80 Å². The molecule has 4 aliphatic rings. The van der Waals surface area contributed by atoms with E-state index in [9.17, 15) is 10.1 Å². The molecule has 1 aromatic carbocycles. The minimum atomic E-state index is 0.0313. The van der Waals surface area contributed by atoms with Gasteiger partial charge >= 0.3 is 0 Å². The first kappa shape index (κ1) is 20.8. The molecule has 4 fully saturated rings. The van der Waals surface area contributed by atoms with Crippen LogP contribution in [0, 0.1) is 29.1 Å². The van der Waals surface area contributed by atoms with Crippen molar-refractivity contribution in [3.05, 3.63) is 29.8 Å². The average molecular weight is 412 g/mol. The summed E-state index contributed by atoms with van der Waals surface area (Å²) in [6, 6.07) is 10.9. The van der Waals surface area contributed by atoms with Gasteiger partial charge in [0, 0.05) is 23.5 Å². The minimum absolute atomic E-state index is 0.0313. The quantitative estimate of drug-likeness (QED) is 0.589. The zero-order valence-electron chi connectivity index (χ0n) is 17.8. The third kappa shape index (κ3) is 4.49. The highest BCUT2D eigenvalue weighted by Crippen LogP contribution is 2.57. The van der Waals surface area contributed by atoms with Gasteiger partial charge in [0.2, 0.25) is 5.91 Å². The molecule has 0 aromatic heterocycles. The second kappa shape index (κ2) is 8.70. The predicted molar refractivity (Wildman–Crippen MR) is 117 cm³/mol. The Balaban J connectivity index is 1.44. The molecule has 0 radical (unpaired) electrons. The molecule has 0 heterocycles. The van der Waals surface area contributed by atoms with Crippen molar-refractivity contribution in [2.45, 2.75) is 61.9 Å². The maximum atomic E-state index is 13.4. The summed E-state index contributed by atoms with van der Waals surface area (Å²) in [7, 11) is 2.03. The Morgan fingerprint density at radius 1 is 1.14 bits per heavy atom. The lowest BCUT2D eigenvalue weighted by atomic mass is 9.52. The fourth-order valence-corrected chi connectivity index (χ4v) is 7.01. The van der Waals surface area contributed by atoms with Gasteiger partial charge < -0.3 is 4.90 Å². The molecule has 29 heavy (non-hydrogen) atoms. The van der Waals surface area contributed by atoms with Crippen LogP contribution in [-0.4, -0.2) is 47.6 Å². The highest BCUT2D eigenvalue weighted by molar-refractivity contribution is 7.98. The standard InChI is InChI=1S/C24H33N3OS/c1-26(16-18-4-6-22(29-2)7-5-18)17-23(28)27(9-3-8-25)24-13-19-10-20(14-24)12-21(11-19)15-24/h4-7,19-21H,3,9-17H2,1-2H3. The van der Waals surface area contributed by atoms with Gasteiger partial charge in [-0.3, -0.25) is 9.69 Å². The van der Waals surface area contributed by atoms with E-state index in [0.717, 1.165) is 43.6 Å². The molecule has 4 bridgehead atoms. The third-order valence-electron chi connectivity index (χ3n) is 7.34. The van der Waals surface area contributed by atoms with Crippen LogP contribution in [0.5, 0.6) is 0 Å². The Kier molecular flexibility index (Phi) is 6.22. The number of carbonyl (C=O) groups is 1. The molecule has 0 aliphatic heterocycles. The topological polar surface area (TPSA) is 47.3 Å². The van der Waals surface area contributed by atoms with Crippen LogP contribution in [0.15, 0.2) is 29.2 Å². The zero-order chi connectivity index (χ0) is 20.4. The van der Waals surface area contributed by atoms with Crippen LogP contribution in [0.2, 0.25) is 0 Å². The van der Waals surface area contributed by atoms with E-state index >= 15 is 0 Å². The molecule has 0 N–H and O–H groups in total. The van der Waals surface area contributed by atoms with E-state index in [-0.39, 0.29) is 11.4 Å². The Morgan fingerprint density at radius 3 is 2.24 bits per heavy atom. The van der Waals surface area contributed by atoms with Crippen molar-refractivity contribution in [1.29, 1.82) is 5.26 Å². The maximum Gasteiger partial charge on any atom is 0.237 e. The van der Waals surface area contributed by atoms with Crippen LogP contribution in [0.1, 0.15) is 50.5 Å². The Bertz CT molecular complexity index is 734. The van der Waals surface area contributed by atoms with Gasteiger partial charge in [-0.1, -0.05) is 12.1 Å². The van der Waals surface area contributed by atoms with Crippen LogP contribution in [0.4, 0.5) is 0 Å². The molecule has 0 spiro atoms. The number of hydrogen-bond acceptors (Lipinski definition) is 4. The number of benzene rings is 1. The Hall–Kier alpha value is -1.51. The first-order valence-corrected chi connectivity index (χ1v) is 12.2. The molecule has 4 saturated carbocycles. The fraction of sp³-hybridized carbons (Fsp3) is 0.667. The van der Waals surface area contributed by atoms with E-state index in [1.165, 1.54) is 29.7 Å². The van der Waals surface area contributed by atoms with Gasteiger partial charge in [-0.15, -0.1) is 11.8 Å². The van der Waals surface area contributed by atoms with Crippen LogP contribution in [0.25, 0.3) is 0 Å². The normalized spacial score (nSPS) is 29.8. The van der Waals surface area contributed by atoms with Gasteiger partial charge in [0.05, 0.1) is 19.0 Å². The molecule has 1 amide bonds. The van der Waals surface area contributed by atoms with Crippen LogP contribution < -0.4 is 0 Å². The first-order valence-electron chi connectivity index (χ1n) is 11.0. The molecule has 0 saturated heterocycles. The van der Waals surface area contributed by atoms with E-state index < -0.39 is 0 Å². The SMILES string of the molecule is CSc1ccc(CN(C)CC(=O)N(CCC#N)C23CC4CC(CC(C4)C2)C3)cc1. The van der Waals surface area contributed by atoms with Gasteiger partial charge in [0.1, 0.15) is 0 Å². The van der Waals surface area contributed by atoms with Crippen molar-refractivity contribution in [2.75, 3.05) is 26.4 Å². The van der Waals surface area contributed by atoms with E-state index in [1.54, 1.807) is 11.8 Å². The van der Waals surface area contributed by atoms with Gasteiger partial charge in [-0.2, -0.15) is 5.26 Å². The maximum absolute atomic E-state index is 13.4. The molecular weight excluding hydrogens is 378 g/mol. The van der Waals surface area contributed by atoms with Crippen molar-refractivity contribution in [3.8, 4) is 6.07 Å². The Labute approximate surface area is 179 Å². The summed E-state index contributed by atoms with van der Waals surface area (Å²) < 4.78 is 0. The number of nitrogens with zero attached hydrogens (tertiary/aromatic N) is 3. The summed E-state index contributed by atoms with van der Waals surface area (Å²) >= 11 is 1.74. The number of likely N-dealkylation sites (N-methyl/N-ethyl adjacent to an activating group) is 1. The van der Waals surface area contributed by atoms with Gasteiger partial charge in [-0.05, 0) is 87.3 Å². The van der Waals surface area contributed by atoms with E-state index in [1.807, 2.05) is 7.05 Å². The van der Waals surface area contributed by atoms with Crippen molar-refractivity contribution >= 4 is 17.7 Å². The van der Waals surface area contributed by atoms with E-state index in [4.69, 9.17) is 0 Å². The van der Waals surface area contributed by atoms with Crippen LogP contribution in [-0.2, 0) is 11.3 Å². The Morgan fingerprint density at radius 2 is 1.72 bits per heavy atom. The molecule has 0 unspecified atom stereocenters. The van der Waals surface area contributed by atoms with Crippen molar-refractivity contribution < 1.29 is 4.79 Å².